The van der Waals surface area contributed by atoms with Gasteiger partial charge in [-0.3, -0.25) is 19.5 Å². The molecule has 3 aromatic rings. The maximum absolute atomic E-state index is 13.0. The first-order valence-electron chi connectivity index (χ1n) is 11.5. The summed E-state index contributed by atoms with van der Waals surface area (Å²) >= 11 is 1.45. The number of nitrogens with zero attached hydrogens (tertiary/aromatic N) is 5. The number of hydrogen-bond donors (Lipinski definition) is 1. The lowest BCUT2D eigenvalue weighted by Gasteiger charge is -2.30. The van der Waals surface area contributed by atoms with Crippen molar-refractivity contribution in [3.63, 3.8) is 0 Å². The highest BCUT2D eigenvalue weighted by molar-refractivity contribution is 7.16. The number of ether oxygens (including phenoxy) is 1. The van der Waals surface area contributed by atoms with Gasteiger partial charge in [0.05, 0.1) is 24.8 Å². The van der Waals surface area contributed by atoms with E-state index in [0.29, 0.717) is 36.5 Å². The summed E-state index contributed by atoms with van der Waals surface area (Å²) in [5.41, 5.74) is 1.55. The van der Waals surface area contributed by atoms with Crippen molar-refractivity contribution >= 4 is 28.3 Å². The maximum atomic E-state index is 13.0. The van der Waals surface area contributed by atoms with Gasteiger partial charge < -0.3 is 14.6 Å². The van der Waals surface area contributed by atoms with Gasteiger partial charge in [-0.1, -0.05) is 5.16 Å². The molecule has 1 saturated heterocycles. The van der Waals surface area contributed by atoms with E-state index in [2.05, 4.69) is 30.3 Å². The minimum atomic E-state index is -0.326. The zero-order valence-corrected chi connectivity index (χ0v) is 19.7. The number of likely N-dealkylation sites (tertiary alicyclic amines) is 1. The summed E-state index contributed by atoms with van der Waals surface area (Å²) in [7, 11) is 0. The highest BCUT2D eigenvalue weighted by Gasteiger charge is 2.34. The highest BCUT2D eigenvalue weighted by atomic mass is 32.1. The van der Waals surface area contributed by atoms with E-state index in [1.807, 2.05) is 12.1 Å². The molecule has 1 aliphatic heterocycles. The zero-order valence-electron chi connectivity index (χ0n) is 18.9. The highest BCUT2D eigenvalue weighted by Crippen LogP contribution is 2.39. The summed E-state index contributed by atoms with van der Waals surface area (Å²) in [5, 5.41) is 7.57. The Morgan fingerprint density at radius 3 is 3.06 bits per heavy atom. The Kier molecular flexibility index (Phi) is 6.63. The smallest absolute Gasteiger partial charge is 0.315 e. The second kappa shape index (κ2) is 9.98. The van der Waals surface area contributed by atoms with Crippen molar-refractivity contribution in [1.82, 2.24) is 25.0 Å². The van der Waals surface area contributed by atoms with Crippen LogP contribution in [0.3, 0.4) is 0 Å². The lowest BCUT2D eigenvalue weighted by molar-refractivity contribution is -0.145. The van der Waals surface area contributed by atoms with Crippen LogP contribution in [0.5, 0.6) is 0 Å². The van der Waals surface area contributed by atoms with Crippen LogP contribution in [-0.2, 0) is 27.3 Å². The Labute approximate surface area is 200 Å². The summed E-state index contributed by atoms with van der Waals surface area (Å²) in [6.07, 6.45) is 6.61. The molecule has 1 N–H and O–H groups in total. The number of piperidine rings is 1. The fraction of sp³-hybridized carbons (Fsp3) is 0.478. The van der Waals surface area contributed by atoms with Gasteiger partial charge in [0.2, 0.25) is 17.6 Å². The number of pyridine rings is 1. The Balaban J connectivity index is 1.18. The Hall–Kier alpha value is -3.18. The van der Waals surface area contributed by atoms with E-state index in [-0.39, 0.29) is 23.7 Å². The monoisotopic (exact) mass is 482 g/mol. The number of hydrogen-bond acceptors (Lipinski definition) is 10. The molecule has 1 amide bonds. The first-order chi connectivity index (χ1) is 16.6. The van der Waals surface area contributed by atoms with Crippen molar-refractivity contribution < 1.29 is 18.8 Å². The number of thiazole rings is 1. The number of esters is 1. The van der Waals surface area contributed by atoms with E-state index in [1.165, 1.54) is 11.3 Å². The molecule has 0 saturated carbocycles. The average molecular weight is 483 g/mol. The third kappa shape index (κ3) is 4.85. The predicted octanol–water partition coefficient (Wildman–Crippen LogP) is 3.03. The van der Waals surface area contributed by atoms with E-state index in [4.69, 9.17) is 9.26 Å². The van der Waals surface area contributed by atoms with Crippen LogP contribution < -0.4 is 5.32 Å². The second-order valence-corrected chi connectivity index (χ2v) is 9.57. The minimum Gasteiger partial charge on any atom is -0.465 e. The molecule has 3 aromatic heterocycles. The zero-order chi connectivity index (χ0) is 23.5. The summed E-state index contributed by atoms with van der Waals surface area (Å²) in [6.45, 7) is 4.11. The molecule has 1 fully saturated rings. The third-order valence-electron chi connectivity index (χ3n) is 6.14. The number of aryl methyl sites for hydroxylation is 1. The van der Waals surface area contributed by atoms with Crippen molar-refractivity contribution in [2.24, 2.45) is 5.92 Å². The molecule has 0 bridgehead atoms. The van der Waals surface area contributed by atoms with Gasteiger partial charge in [-0.2, -0.15) is 4.98 Å². The van der Waals surface area contributed by atoms with Gasteiger partial charge in [0.25, 0.3) is 0 Å². The third-order valence-corrected chi connectivity index (χ3v) is 7.19. The van der Waals surface area contributed by atoms with Gasteiger partial charge in [-0.15, -0.1) is 11.3 Å². The first kappa shape index (κ1) is 22.6. The molecule has 1 aliphatic carbocycles. The van der Waals surface area contributed by atoms with Gasteiger partial charge in [0.15, 0.2) is 5.13 Å². The van der Waals surface area contributed by atoms with E-state index >= 15 is 0 Å². The van der Waals surface area contributed by atoms with Crippen molar-refractivity contribution in [2.45, 2.75) is 45.1 Å². The SMILES string of the molecule is CCOC(=O)[C@@H]1CCc2sc(NC(=O)[C@@H]3CCCN(Cc4nc(-c5cccnc5)no4)C3)nc21. The number of nitrogens with one attached hydrogen (secondary N) is 1. The Morgan fingerprint density at radius 2 is 2.24 bits per heavy atom. The van der Waals surface area contributed by atoms with Crippen molar-refractivity contribution in [2.75, 3.05) is 25.0 Å². The van der Waals surface area contributed by atoms with Crippen molar-refractivity contribution in [1.29, 1.82) is 0 Å². The van der Waals surface area contributed by atoms with Gasteiger partial charge in [-0.05, 0) is 51.3 Å². The molecule has 0 aromatic carbocycles. The molecule has 2 atom stereocenters. The van der Waals surface area contributed by atoms with Crippen molar-refractivity contribution in [3.05, 3.63) is 41.0 Å². The molecule has 10 nitrogen and oxygen atoms in total. The number of amides is 1. The Bertz CT molecular complexity index is 1160. The molecule has 0 spiro atoms. The summed E-state index contributed by atoms with van der Waals surface area (Å²) in [5.74, 6) is 0.252. The van der Waals surface area contributed by atoms with E-state index in [9.17, 15) is 9.59 Å². The van der Waals surface area contributed by atoms with Crippen LogP contribution in [0.15, 0.2) is 29.0 Å². The van der Waals surface area contributed by atoms with Gasteiger partial charge in [0.1, 0.15) is 5.92 Å². The first-order valence-corrected chi connectivity index (χ1v) is 12.3. The normalized spacial score (nSPS) is 20.1. The van der Waals surface area contributed by atoms with E-state index < -0.39 is 0 Å². The molecule has 0 unspecified atom stereocenters. The molecule has 11 heteroatoms. The lowest BCUT2D eigenvalue weighted by atomic mass is 9.97. The van der Waals surface area contributed by atoms with Crippen LogP contribution in [0.1, 0.15) is 48.6 Å². The largest absolute Gasteiger partial charge is 0.465 e. The van der Waals surface area contributed by atoms with E-state index in [0.717, 1.165) is 48.4 Å². The number of rotatable bonds is 7. The second-order valence-electron chi connectivity index (χ2n) is 8.49. The lowest BCUT2D eigenvalue weighted by Crippen LogP contribution is -2.40. The molecule has 0 radical (unpaired) electrons. The van der Waals surface area contributed by atoms with Crippen LogP contribution in [0.2, 0.25) is 0 Å². The van der Waals surface area contributed by atoms with Crippen LogP contribution in [0.25, 0.3) is 11.4 Å². The van der Waals surface area contributed by atoms with Crippen LogP contribution >= 0.6 is 11.3 Å². The van der Waals surface area contributed by atoms with Gasteiger partial charge in [-0.25, -0.2) is 4.98 Å². The minimum absolute atomic E-state index is 0.0496. The average Bonchev–Trinajstić information content (AvgIpc) is 3.56. The molecule has 34 heavy (non-hydrogen) atoms. The molecule has 4 heterocycles. The van der Waals surface area contributed by atoms with E-state index in [1.54, 1.807) is 19.3 Å². The number of anilines is 1. The van der Waals surface area contributed by atoms with Crippen LogP contribution in [-0.4, -0.2) is 56.6 Å². The number of aromatic nitrogens is 4. The fourth-order valence-electron chi connectivity index (χ4n) is 4.50. The number of carbonyl (C=O) groups excluding carboxylic acids is 2. The maximum Gasteiger partial charge on any atom is 0.315 e. The number of fused-ring (bicyclic) bond motifs is 1. The predicted molar refractivity (Wildman–Crippen MR) is 124 cm³/mol. The Morgan fingerprint density at radius 1 is 1.32 bits per heavy atom. The quantitative estimate of drug-likeness (QED) is 0.506. The fourth-order valence-corrected chi connectivity index (χ4v) is 5.54. The van der Waals surface area contributed by atoms with Crippen LogP contribution in [0, 0.1) is 5.92 Å². The summed E-state index contributed by atoms with van der Waals surface area (Å²) in [6, 6.07) is 3.71. The molecule has 2 aliphatic rings. The molecular formula is C23H26N6O4S. The van der Waals surface area contributed by atoms with Gasteiger partial charge in [0, 0.05) is 29.4 Å². The van der Waals surface area contributed by atoms with Crippen LogP contribution in [0.4, 0.5) is 5.13 Å². The van der Waals surface area contributed by atoms with Gasteiger partial charge >= 0.3 is 5.97 Å². The standard InChI is InChI=1S/C23H26N6O4S/c1-2-32-22(31)16-7-8-17-19(16)26-23(34-17)27-21(30)15-6-4-10-29(12-15)13-18-25-20(28-33-18)14-5-3-9-24-11-14/h3,5,9,11,15-16H,2,4,6-8,10,12-13H2,1H3,(H,26,27,30)/t15-,16-/m1/s1. The molecule has 5 rings (SSSR count). The van der Waals surface area contributed by atoms with Crippen molar-refractivity contribution in [3.8, 4) is 11.4 Å². The molecule has 178 valence electrons. The number of carbonyl (C=O) groups is 2. The summed E-state index contributed by atoms with van der Waals surface area (Å²) < 4.78 is 10.6. The topological polar surface area (TPSA) is 123 Å². The summed E-state index contributed by atoms with van der Waals surface area (Å²) in [4.78, 5) is 41.5. The molecular weight excluding hydrogens is 456 g/mol.